The monoisotopic (exact) mass is 276 g/mol. The van der Waals surface area contributed by atoms with E-state index >= 15 is 0 Å². The lowest BCUT2D eigenvalue weighted by atomic mass is 10.2. The quantitative estimate of drug-likeness (QED) is 0.647. The predicted octanol–water partition coefficient (Wildman–Crippen LogP) is 2.43. The number of rotatable bonds is 6. The van der Waals surface area contributed by atoms with E-state index in [1.165, 1.54) is 19.2 Å². The summed E-state index contributed by atoms with van der Waals surface area (Å²) >= 11 is 0. The maximum Gasteiger partial charge on any atom is 0.273 e. The van der Waals surface area contributed by atoms with Gasteiger partial charge in [0.05, 0.1) is 36.0 Å². The number of methoxy groups -OCH3 is 1. The predicted molar refractivity (Wildman–Crippen MR) is 74.9 cm³/mol. The van der Waals surface area contributed by atoms with Gasteiger partial charge in [-0.3, -0.25) is 14.8 Å². The molecule has 0 amide bonds. The molecule has 1 heterocycles. The first-order valence-electron chi connectivity index (χ1n) is 6.22. The third-order valence-corrected chi connectivity index (χ3v) is 2.96. The van der Waals surface area contributed by atoms with Gasteiger partial charge >= 0.3 is 0 Å². The summed E-state index contributed by atoms with van der Waals surface area (Å²) in [6.07, 6.45) is 1.74. The Hall–Kier alpha value is -2.57. The van der Waals surface area contributed by atoms with Gasteiger partial charge in [-0.1, -0.05) is 0 Å². The fraction of sp³-hybridized carbons (Fsp3) is 0.308. The standard InChI is InChI=1S/C13H16N4O3/c1-3-16-11(6-7-15-16)9-14-12-5-4-10(17(18)19)8-13(12)20-2/h4-8,14H,3,9H2,1-2H3. The summed E-state index contributed by atoms with van der Waals surface area (Å²) in [6.45, 7) is 3.38. The third-order valence-electron chi connectivity index (χ3n) is 2.96. The first-order valence-corrected chi connectivity index (χ1v) is 6.22. The molecule has 0 aliphatic heterocycles. The van der Waals surface area contributed by atoms with Crippen molar-refractivity contribution in [2.45, 2.75) is 20.0 Å². The third kappa shape index (κ3) is 2.87. The Morgan fingerprint density at radius 1 is 1.45 bits per heavy atom. The lowest BCUT2D eigenvalue weighted by Gasteiger charge is -2.11. The first kappa shape index (κ1) is 13.9. The summed E-state index contributed by atoms with van der Waals surface area (Å²) in [7, 11) is 1.49. The van der Waals surface area contributed by atoms with Gasteiger partial charge in [-0.25, -0.2) is 0 Å². The molecule has 2 rings (SSSR count). The zero-order valence-electron chi connectivity index (χ0n) is 11.4. The Morgan fingerprint density at radius 3 is 2.90 bits per heavy atom. The largest absolute Gasteiger partial charge is 0.494 e. The van der Waals surface area contributed by atoms with Crippen molar-refractivity contribution in [2.75, 3.05) is 12.4 Å². The van der Waals surface area contributed by atoms with Gasteiger partial charge < -0.3 is 10.1 Å². The van der Waals surface area contributed by atoms with Crippen molar-refractivity contribution in [3.8, 4) is 5.75 Å². The molecule has 0 unspecified atom stereocenters. The second kappa shape index (κ2) is 6.05. The van der Waals surface area contributed by atoms with E-state index in [2.05, 4.69) is 10.4 Å². The molecule has 0 atom stereocenters. The van der Waals surface area contributed by atoms with Crippen LogP contribution in [0.5, 0.6) is 5.75 Å². The number of hydrogen-bond acceptors (Lipinski definition) is 5. The Labute approximate surface area is 116 Å². The SMILES string of the molecule is CCn1nccc1CNc1ccc([N+](=O)[O-])cc1OC. The number of benzene rings is 1. The van der Waals surface area contributed by atoms with E-state index in [1.807, 2.05) is 17.7 Å². The number of hydrogen-bond donors (Lipinski definition) is 1. The van der Waals surface area contributed by atoms with Crippen molar-refractivity contribution in [1.82, 2.24) is 9.78 Å². The lowest BCUT2D eigenvalue weighted by Crippen LogP contribution is -2.08. The van der Waals surface area contributed by atoms with Crippen LogP contribution in [0.2, 0.25) is 0 Å². The molecule has 1 aromatic heterocycles. The fourth-order valence-electron chi connectivity index (χ4n) is 1.92. The highest BCUT2D eigenvalue weighted by molar-refractivity contribution is 5.60. The highest BCUT2D eigenvalue weighted by atomic mass is 16.6. The van der Waals surface area contributed by atoms with Gasteiger partial charge in [0.15, 0.2) is 0 Å². The average molecular weight is 276 g/mol. The van der Waals surface area contributed by atoms with Crippen molar-refractivity contribution >= 4 is 11.4 Å². The number of aryl methyl sites for hydroxylation is 1. The normalized spacial score (nSPS) is 10.3. The van der Waals surface area contributed by atoms with Crippen LogP contribution in [0.4, 0.5) is 11.4 Å². The van der Waals surface area contributed by atoms with E-state index in [9.17, 15) is 10.1 Å². The number of ether oxygens (including phenoxy) is 1. The zero-order chi connectivity index (χ0) is 14.5. The van der Waals surface area contributed by atoms with Gasteiger partial charge in [0.1, 0.15) is 5.75 Å². The number of nitro benzene ring substituents is 1. The second-order valence-electron chi connectivity index (χ2n) is 4.13. The molecule has 7 nitrogen and oxygen atoms in total. The molecule has 0 saturated carbocycles. The fourth-order valence-corrected chi connectivity index (χ4v) is 1.92. The summed E-state index contributed by atoms with van der Waals surface area (Å²) in [6, 6.07) is 6.42. The van der Waals surface area contributed by atoms with E-state index in [1.54, 1.807) is 12.3 Å². The number of non-ortho nitro benzene ring substituents is 1. The van der Waals surface area contributed by atoms with Gasteiger partial charge in [0.25, 0.3) is 5.69 Å². The molecule has 1 N–H and O–H groups in total. The molecular formula is C13H16N4O3. The molecular weight excluding hydrogens is 260 g/mol. The van der Waals surface area contributed by atoms with Crippen molar-refractivity contribution in [2.24, 2.45) is 0 Å². The van der Waals surface area contributed by atoms with Gasteiger partial charge in [0.2, 0.25) is 0 Å². The van der Waals surface area contributed by atoms with E-state index in [0.29, 0.717) is 18.0 Å². The number of aromatic nitrogens is 2. The number of anilines is 1. The zero-order valence-corrected chi connectivity index (χ0v) is 11.4. The highest BCUT2D eigenvalue weighted by Gasteiger charge is 2.11. The van der Waals surface area contributed by atoms with Crippen molar-refractivity contribution < 1.29 is 9.66 Å². The molecule has 1 aromatic carbocycles. The summed E-state index contributed by atoms with van der Waals surface area (Å²) in [5, 5.41) is 18.1. The lowest BCUT2D eigenvalue weighted by molar-refractivity contribution is -0.384. The van der Waals surface area contributed by atoms with Crippen LogP contribution < -0.4 is 10.1 Å². The minimum Gasteiger partial charge on any atom is -0.494 e. The summed E-state index contributed by atoms with van der Waals surface area (Å²) in [4.78, 5) is 10.3. The summed E-state index contributed by atoms with van der Waals surface area (Å²) < 4.78 is 7.05. The van der Waals surface area contributed by atoms with E-state index in [4.69, 9.17) is 4.74 Å². The van der Waals surface area contributed by atoms with Crippen molar-refractivity contribution in [1.29, 1.82) is 0 Å². The van der Waals surface area contributed by atoms with Crippen LogP contribution >= 0.6 is 0 Å². The van der Waals surface area contributed by atoms with Gasteiger partial charge in [-0.15, -0.1) is 0 Å². The molecule has 0 radical (unpaired) electrons. The van der Waals surface area contributed by atoms with Gasteiger partial charge in [-0.05, 0) is 19.1 Å². The molecule has 106 valence electrons. The van der Waals surface area contributed by atoms with Crippen LogP contribution in [-0.2, 0) is 13.1 Å². The maximum atomic E-state index is 10.7. The Balaban J connectivity index is 2.15. The van der Waals surface area contributed by atoms with Crippen LogP contribution in [0.25, 0.3) is 0 Å². The van der Waals surface area contributed by atoms with Gasteiger partial charge in [-0.2, -0.15) is 5.10 Å². The molecule has 0 spiro atoms. The Morgan fingerprint density at radius 2 is 2.25 bits per heavy atom. The number of nitrogens with zero attached hydrogens (tertiary/aromatic N) is 3. The highest BCUT2D eigenvalue weighted by Crippen LogP contribution is 2.29. The van der Waals surface area contributed by atoms with E-state index in [-0.39, 0.29) is 5.69 Å². The molecule has 0 bridgehead atoms. The average Bonchev–Trinajstić information content (AvgIpc) is 2.92. The number of nitro groups is 1. The molecule has 0 aliphatic rings. The minimum atomic E-state index is -0.446. The van der Waals surface area contributed by atoms with E-state index in [0.717, 1.165) is 12.2 Å². The second-order valence-corrected chi connectivity index (χ2v) is 4.13. The number of nitrogens with one attached hydrogen (secondary N) is 1. The van der Waals surface area contributed by atoms with Gasteiger partial charge in [0, 0.05) is 18.8 Å². The topological polar surface area (TPSA) is 82.2 Å². The first-order chi connectivity index (χ1) is 9.65. The maximum absolute atomic E-state index is 10.7. The van der Waals surface area contributed by atoms with Crippen LogP contribution in [0.15, 0.2) is 30.5 Å². The molecule has 7 heteroatoms. The summed E-state index contributed by atoms with van der Waals surface area (Å²) in [5.74, 6) is 0.446. The molecule has 20 heavy (non-hydrogen) atoms. The Bertz CT molecular complexity index is 609. The smallest absolute Gasteiger partial charge is 0.273 e. The van der Waals surface area contributed by atoms with Crippen LogP contribution in [0.3, 0.4) is 0 Å². The summed E-state index contributed by atoms with van der Waals surface area (Å²) in [5.41, 5.74) is 1.75. The van der Waals surface area contributed by atoms with E-state index < -0.39 is 4.92 Å². The van der Waals surface area contributed by atoms with Crippen LogP contribution in [-0.4, -0.2) is 21.8 Å². The van der Waals surface area contributed by atoms with Crippen molar-refractivity contribution in [3.63, 3.8) is 0 Å². The molecule has 0 aliphatic carbocycles. The minimum absolute atomic E-state index is 0.00556. The van der Waals surface area contributed by atoms with Crippen molar-refractivity contribution in [3.05, 3.63) is 46.3 Å². The van der Waals surface area contributed by atoms with Crippen LogP contribution in [0, 0.1) is 10.1 Å². The Kier molecular flexibility index (Phi) is 4.19. The molecule has 0 fully saturated rings. The molecule has 2 aromatic rings. The van der Waals surface area contributed by atoms with Crippen LogP contribution in [0.1, 0.15) is 12.6 Å². The molecule has 0 saturated heterocycles.